The lowest BCUT2D eigenvalue weighted by molar-refractivity contribution is 0.107. The molecule has 3 saturated heterocycles. The molecule has 3 fully saturated rings. The van der Waals surface area contributed by atoms with E-state index in [1.54, 1.807) is 0 Å². The molecule has 4 aromatic rings. The van der Waals surface area contributed by atoms with Crippen LogP contribution in [0.15, 0.2) is 12.1 Å². The Balaban J connectivity index is 1.36. The maximum atomic E-state index is 16.9. The van der Waals surface area contributed by atoms with Crippen molar-refractivity contribution in [2.45, 2.75) is 50.1 Å². The Hall–Kier alpha value is -3.46. The van der Waals surface area contributed by atoms with Crippen molar-refractivity contribution >= 4 is 54.7 Å². The number of fused-ring (bicyclic) bond motifs is 4. The van der Waals surface area contributed by atoms with E-state index >= 15 is 4.39 Å². The van der Waals surface area contributed by atoms with Crippen LogP contribution in [0.2, 0.25) is 5.02 Å². The van der Waals surface area contributed by atoms with Gasteiger partial charge in [0.05, 0.1) is 32.8 Å². The number of hydrogen-bond donors (Lipinski definition) is 1. The number of anilines is 2. The number of hydrogen-bond acceptors (Lipinski definition) is 9. The van der Waals surface area contributed by atoms with Crippen molar-refractivity contribution in [3.63, 3.8) is 0 Å². The van der Waals surface area contributed by atoms with Crippen LogP contribution in [-0.4, -0.2) is 59.3 Å². The standard InChI is InChI=1S/C30H27ClF2N6O2S/c31-22-20(16-3-4-18(32)26-19(16)17(13-34)27(35)42-26)23(33)24-21-25(22)40-12-6-15-5-11-39(15)28(21)37-29(36-24)41-14-30-7-1-9-38(30)10-2-8-30/h3-4,15H,1-2,5-12,14,35H2. The van der Waals surface area contributed by atoms with Crippen LogP contribution >= 0.6 is 22.9 Å². The second kappa shape index (κ2) is 9.53. The zero-order chi connectivity index (χ0) is 28.7. The second-order valence-corrected chi connectivity index (χ2v) is 13.0. The molecule has 12 heteroatoms. The molecular formula is C30H27ClF2N6O2S. The van der Waals surface area contributed by atoms with Gasteiger partial charge in [-0.05, 0) is 56.8 Å². The quantitative estimate of drug-likeness (QED) is 0.290. The van der Waals surface area contributed by atoms with Crippen molar-refractivity contribution in [1.29, 1.82) is 5.26 Å². The predicted molar refractivity (Wildman–Crippen MR) is 159 cm³/mol. The molecule has 1 unspecified atom stereocenters. The van der Waals surface area contributed by atoms with E-state index in [-0.39, 0.29) is 65.7 Å². The third-order valence-electron chi connectivity index (χ3n) is 9.54. The first kappa shape index (κ1) is 26.2. The van der Waals surface area contributed by atoms with Crippen molar-refractivity contribution in [2.75, 3.05) is 43.5 Å². The molecule has 0 aliphatic carbocycles. The smallest absolute Gasteiger partial charge is 0.319 e. The van der Waals surface area contributed by atoms with Gasteiger partial charge in [0.2, 0.25) is 0 Å². The Morgan fingerprint density at radius 3 is 2.71 bits per heavy atom. The van der Waals surface area contributed by atoms with E-state index < -0.39 is 11.6 Å². The number of nitrogen functional groups attached to an aromatic ring is 1. The van der Waals surface area contributed by atoms with Gasteiger partial charge < -0.3 is 20.1 Å². The summed E-state index contributed by atoms with van der Waals surface area (Å²) >= 11 is 7.92. The monoisotopic (exact) mass is 608 g/mol. The SMILES string of the molecule is N#Cc1c(N)sc2c(F)ccc(-c3c(Cl)c4c5c(nc(OCC67CCCN6CCC7)nc5c3F)N3CCC3CCO4)c12. The van der Waals surface area contributed by atoms with Crippen molar-refractivity contribution in [3.05, 3.63) is 34.4 Å². The highest BCUT2D eigenvalue weighted by molar-refractivity contribution is 7.23. The van der Waals surface area contributed by atoms with Gasteiger partial charge >= 0.3 is 6.01 Å². The van der Waals surface area contributed by atoms with Gasteiger partial charge in [0.15, 0.2) is 11.6 Å². The predicted octanol–water partition coefficient (Wildman–Crippen LogP) is 6.27. The summed E-state index contributed by atoms with van der Waals surface area (Å²) < 4.78 is 44.5. The van der Waals surface area contributed by atoms with Gasteiger partial charge in [-0.3, -0.25) is 4.90 Å². The van der Waals surface area contributed by atoms with Crippen molar-refractivity contribution < 1.29 is 18.3 Å². The van der Waals surface area contributed by atoms with Crippen LogP contribution in [0.3, 0.4) is 0 Å². The highest BCUT2D eigenvalue weighted by atomic mass is 35.5. The van der Waals surface area contributed by atoms with E-state index in [0.717, 1.165) is 69.5 Å². The molecule has 8 rings (SSSR count). The molecule has 8 nitrogen and oxygen atoms in total. The van der Waals surface area contributed by atoms with Crippen molar-refractivity contribution in [3.8, 4) is 29.0 Å². The van der Waals surface area contributed by atoms with Crippen LogP contribution in [0.4, 0.5) is 19.6 Å². The molecule has 0 amide bonds. The van der Waals surface area contributed by atoms with Gasteiger partial charge in [0.25, 0.3) is 0 Å². The van der Waals surface area contributed by atoms with E-state index in [9.17, 15) is 9.65 Å². The van der Waals surface area contributed by atoms with Gasteiger partial charge in [-0.15, -0.1) is 11.3 Å². The molecule has 4 aliphatic rings. The van der Waals surface area contributed by atoms with Crippen LogP contribution in [0.1, 0.15) is 44.1 Å². The molecule has 0 spiro atoms. The lowest BCUT2D eigenvalue weighted by Crippen LogP contribution is -2.49. The summed E-state index contributed by atoms with van der Waals surface area (Å²) in [5, 5.41) is 10.6. The Kier molecular flexibility index (Phi) is 5.94. The summed E-state index contributed by atoms with van der Waals surface area (Å²) in [6.45, 7) is 3.70. The fraction of sp³-hybridized carbons (Fsp3) is 0.433. The number of thiophene rings is 1. The molecule has 0 radical (unpaired) electrons. The number of nitrogens with two attached hydrogens (primary N) is 1. The molecule has 4 aliphatic heterocycles. The Bertz CT molecular complexity index is 1830. The molecule has 0 saturated carbocycles. The lowest BCUT2D eigenvalue weighted by atomic mass is 9.94. The molecule has 2 aromatic carbocycles. The summed E-state index contributed by atoms with van der Waals surface area (Å²) in [5.41, 5.74) is 6.37. The van der Waals surface area contributed by atoms with Crippen molar-refractivity contribution in [1.82, 2.24) is 14.9 Å². The minimum Gasteiger partial charge on any atom is -0.491 e. The van der Waals surface area contributed by atoms with Crippen LogP contribution in [0, 0.1) is 23.0 Å². The minimum atomic E-state index is -0.711. The number of benzene rings is 2. The molecule has 42 heavy (non-hydrogen) atoms. The average molecular weight is 609 g/mol. The molecular weight excluding hydrogens is 582 g/mol. The number of rotatable bonds is 4. The second-order valence-electron chi connectivity index (χ2n) is 11.6. The average Bonchev–Trinajstić information content (AvgIpc) is 3.64. The zero-order valence-electron chi connectivity index (χ0n) is 22.7. The van der Waals surface area contributed by atoms with E-state index in [2.05, 4.69) is 20.9 Å². The van der Waals surface area contributed by atoms with Gasteiger partial charge in [0, 0.05) is 30.0 Å². The first-order chi connectivity index (χ1) is 20.4. The van der Waals surface area contributed by atoms with Gasteiger partial charge in [0.1, 0.15) is 34.8 Å². The zero-order valence-corrected chi connectivity index (χ0v) is 24.3. The van der Waals surface area contributed by atoms with Gasteiger partial charge in [-0.25, -0.2) is 8.78 Å². The lowest BCUT2D eigenvalue weighted by Gasteiger charge is -2.43. The van der Waals surface area contributed by atoms with Gasteiger partial charge in [-0.1, -0.05) is 17.7 Å². The number of halogens is 3. The normalized spacial score (nSPS) is 20.9. The summed E-state index contributed by atoms with van der Waals surface area (Å²) in [6, 6.07) is 5.04. The topological polar surface area (TPSA) is 101 Å². The largest absolute Gasteiger partial charge is 0.491 e. The third kappa shape index (κ3) is 3.64. The van der Waals surface area contributed by atoms with E-state index in [4.69, 9.17) is 31.8 Å². The minimum absolute atomic E-state index is 0.0170. The highest BCUT2D eigenvalue weighted by Crippen LogP contribution is 2.51. The Labute approximate surface area is 249 Å². The maximum absolute atomic E-state index is 16.9. The first-order valence-electron chi connectivity index (χ1n) is 14.3. The number of nitriles is 1. The molecule has 1 atom stereocenters. The third-order valence-corrected chi connectivity index (χ3v) is 10.9. The summed E-state index contributed by atoms with van der Waals surface area (Å²) in [4.78, 5) is 14.1. The molecule has 216 valence electrons. The molecule has 0 bridgehead atoms. The van der Waals surface area contributed by atoms with Crippen LogP contribution in [0.5, 0.6) is 11.8 Å². The van der Waals surface area contributed by atoms with Crippen LogP contribution in [0.25, 0.3) is 32.1 Å². The fourth-order valence-corrected chi connectivity index (χ4v) is 8.65. The van der Waals surface area contributed by atoms with E-state index in [0.29, 0.717) is 24.4 Å². The Morgan fingerprint density at radius 2 is 1.98 bits per heavy atom. The fourth-order valence-electron chi connectivity index (χ4n) is 7.36. The van der Waals surface area contributed by atoms with Crippen molar-refractivity contribution in [2.24, 2.45) is 0 Å². The van der Waals surface area contributed by atoms with Gasteiger partial charge in [-0.2, -0.15) is 15.2 Å². The molecule has 2 aromatic heterocycles. The summed E-state index contributed by atoms with van der Waals surface area (Å²) in [7, 11) is 0. The number of nitrogens with zero attached hydrogens (tertiary/aromatic N) is 5. The number of aromatic nitrogens is 2. The maximum Gasteiger partial charge on any atom is 0.319 e. The van der Waals surface area contributed by atoms with E-state index in [1.165, 1.54) is 12.1 Å². The Morgan fingerprint density at radius 1 is 1.17 bits per heavy atom. The summed E-state index contributed by atoms with van der Waals surface area (Å²) in [5.74, 6) is -0.448. The molecule has 6 heterocycles. The molecule has 2 N–H and O–H groups in total. The number of ether oxygens (including phenoxy) is 2. The summed E-state index contributed by atoms with van der Waals surface area (Å²) in [6.07, 6.45) is 6.10. The first-order valence-corrected chi connectivity index (χ1v) is 15.5. The van der Waals surface area contributed by atoms with E-state index in [1.807, 2.05) is 0 Å². The highest BCUT2D eigenvalue weighted by Gasteiger charge is 2.45. The van der Waals surface area contributed by atoms with Crippen LogP contribution < -0.4 is 20.1 Å². The van der Waals surface area contributed by atoms with Crippen LogP contribution in [-0.2, 0) is 0 Å².